The van der Waals surface area contributed by atoms with Gasteiger partial charge in [-0.25, -0.2) is 4.98 Å². The van der Waals surface area contributed by atoms with Gasteiger partial charge in [0.2, 0.25) is 0 Å². The summed E-state index contributed by atoms with van der Waals surface area (Å²) in [6, 6.07) is -0.761. The van der Waals surface area contributed by atoms with Crippen molar-refractivity contribution in [3.05, 3.63) is 18.7 Å². The third-order valence-corrected chi connectivity index (χ3v) is 2.73. The largest absolute Gasteiger partial charge is 0.480 e. The van der Waals surface area contributed by atoms with Crippen LogP contribution in [0.4, 0.5) is 0 Å². The number of hydrogen-bond acceptors (Lipinski definition) is 4. The number of nitrogens with zero attached hydrogens (tertiary/aromatic N) is 2. The van der Waals surface area contributed by atoms with Gasteiger partial charge in [0.1, 0.15) is 6.04 Å². The van der Waals surface area contributed by atoms with Crippen LogP contribution < -0.4 is 5.73 Å². The van der Waals surface area contributed by atoms with Crippen molar-refractivity contribution in [2.45, 2.75) is 12.6 Å². The molecule has 0 aromatic carbocycles. The maximum Gasteiger partial charge on any atom is 0.321 e. The summed E-state index contributed by atoms with van der Waals surface area (Å²) in [4.78, 5) is 14.3. The molecule has 1 aromatic heterocycles. The summed E-state index contributed by atoms with van der Waals surface area (Å²) < 4.78 is 1.94. The minimum Gasteiger partial charge on any atom is -0.480 e. The van der Waals surface area contributed by atoms with Gasteiger partial charge in [-0.05, 0) is 0 Å². The molecule has 0 saturated heterocycles. The summed E-state index contributed by atoms with van der Waals surface area (Å²) in [7, 11) is 0. The zero-order valence-electron chi connectivity index (χ0n) is 7.67. The van der Waals surface area contributed by atoms with Crippen molar-refractivity contribution >= 4 is 17.7 Å². The molecule has 5 nitrogen and oxygen atoms in total. The number of thioether (sulfide) groups is 1. The van der Waals surface area contributed by atoms with Crippen LogP contribution in [0.3, 0.4) is 0 Å². The Morgan fingerprint density at radius 3 is 3.07 bits per heavy atom. The highest BCUT2D eigenvalue weighted by molar-refractivity contribution is 7.99. The topological polar surface area (TPSA) is 81.1 Å². The normalized spacial score (nSPS) is 12.6. The molecule has 0 aliphatic carbocycles. The van der Waals surface area contributed by atoms with Gasteiger partial charge in [0.25, 0.3) is 0 Å². The van der Waals surface area contributed by atoms with E-state index in [1.165, 1.54) is 11.8 Å². The van der Waals surface area contributed by atoms with Crippen molar-refractivity contribution in [2.24, 2.45) is 5.73 Å². The lowest BCUT2D eigenvalue weighted by atomic mass is 10.4. The summed E-state index contributed by atoms with van der Waals surface area (Å²) >= 11 is 1.53. The minimum absolute atomic E-state index is 0.448. The molecule has 14 heavy (non-hydrogen) atoms. The molecule has 1 aromatic rings. The van der Waals surface area contributed by atoms with Crippen LogP contribution in [-0.2, 0) is 11.3 Å². The van der Waals surface area contributed by atoms with E-state index in [1.807, 2.05) is 10.8 Å². The third kappa shape index (κ3) is 3.80. The quantitative estimate of drug-likeness (QED) is 0.654. The summed E-state index contributed by atoms with van der Waals surface area (Å²) in [6.07, 6.45) is 5.32. The average Bonchev–Trinajstić information content (AvgIpc) is 2.64. The van der Waals surface area contributed by atoms with Gasteiger partial charge in [-0.2, -0.15) is 11.8 Å². The van der Waals surface area contributed by atoms with Crippen LogP contribution >= 0.6 is 11.8 Å². The molecule has 1 unspecified atom stereocenters. The lowest BCUT2D eigenvalue weighted by Crippen LogP contribution is -2.32. The molecule has 1 rings (SSSR count). The first-order valence-corrected chi connectivity index (χ1v) is 5.37. The zero-order valence-corrected chi connectivity index (χ0v) is 8.48. The van der Waals surface area contributed by atoms with Crippen LogP contribution in [0.1, 0.15) is 0 Å². The van der Waals surface area contributed by atoms with Gasteiger partial charge in [0.15, 0.2) is 0 Å². The zero-order chi connectivity index (χ0) is 10.4. The number of aromatic nitrogens is 2. The first-order chi connectivity index (χ1) is 6.70. The van der Waals surface area contributed by atoms with Crippen LogP contribution in [0.2, 0.25) is 0 Å². The maximum atomic E-state index is 10.4. The van der Waals surface area contributed by atoms with Crippen molar-refractivity contribution < 1.29 is 9.90 Å². The van der Waals surface area contributed by atoms with Crippen LogP contribution in [0.25, 0.3) is 0 Å². The molecule has 0 aliphatic heterocycles. The number of hydrogen-bond donors (Lipinski definition) is 2. The van der Waals surface area contributed by atoms with Gasteiger partial charge in [0, 0.05) is 30.4 Å². The molecular weight excluding hydrogens is 202 g/mol. The third-order valence-electron chi connectivity index (χ3n) is 1.67. The molecular formula is C8H13N3O2S. The van der Waals surface area contributed by atoms with E-state index in [1.54, 1.807) is 12.5 Å². The van der Waals surface area contributed by atoms with E-state index in [0.29, 0.717) is 5.75 Å². The standard InChI is InChI=1S/C8H13N3O2S/c9-7(8(12)13)5-14-4-3-11-2-1-10-6-11/h1-2,6-7H,3-5,9H2,(H,12,13). The van der Waals surface area contributed by atoms with Gasteiger partial charge in [-0.3, -0.25) is 4.79 Å². The second-order valence-electron chi connectivity index (χ2n) is 2.82. The highest BCUT2D eigenvalue weighted by Crippen LogP contribution is 2.03. The lowest BCUT2D eigenvalue weighted by molar-refractivity contribution is -0.137. The second kappa shape index (κ2) is 5.66. The number of imidazole rings is 1. The summed E-state index contributed by atoms with van der Waals surface area (Å²) in [5.74, 6) is 0.349. The van der Waals surface area contributed by atoms with Crippen molar-refractivity contribution in [2.75, 3.05) is 11.5 Å². The molecule has 0 spiro atoms. The lowest BCUT2D eigenvalue weighted by Gasteiger charge is -2.05. The molecule has 1 heterocycles. The first-order valence-electron chi connectivity index (χ1n) is 4.22. The van der Waals surface area contributed by atoms with Crippen LogP contribution in [0, 0.1) is 0 Å². The van der Waals surface area contributed by atoms with Gasteiger partial charge < -0.3 is 15.4 Å². The smallest absolute Gasteiger partial charge is 0.321 e. The van der Waals surface area contributed by atoms with E-state index in [-0.39, 0.29) is 0 Å². The number of carboxylic acids is 1. The monoisotopic (exact) mass is 215 g/mol. The first kappa shape index (κ1) is 11.1. The molecule has 0 bridgehead atoms. The molecule has 0 fully saturated rings. The molecule has 3 N–H and O–H groups in total. The molecule has 78 valence electrons. The van der Waals surface area contributed by atoms with E-state index >= 15 is 0 Å². The Morgan fingerprint density at radius 1 is 1.71 bits per heavy atom. The Hall–Kier alpha value is -1.01. The number of aryl methyl sites for hydroxylation is 1. The summed E-state index contributed by atoms with van der Waals surface area (Å²) in [6.45, 7) is 0.830. The molecule has 1 atom stereocenters. The van der Waals surface area contributed by atoms with Crippen molar-refractivity contribution in [1.82, 2.24) is 9.55 Å². The Labute approximate surface area is 86.3 Å². The van der Waals surface area contributed by atoms with Crippen molar-refractivity contribution in [1.29, 1.82) is 0 Å². The van der Waals surface area contributed by atoms with Gasteiger partial charge in [-0.1, -0.05) is 0 Å². The summed E-state index contributed by atoms with van der Waals surface area (Å²) in [5, 5.41) is 8.51. The molecule has 0 radical (unpaired) electrons. The minimum atomic E-state index is -0.944. The Bertz CT molecular complexity index is 276. The van der Waals surface area contributed by atoms with Crippen molar-refractivity contribution in [3.63, 3.8) is 0 Å². The van der Waals surface area contributed by atoms with Crippen LogP contribution in [0.5, 0.6) is 0 Å². The fraction of sp³-hybridized carbons (Fsp3) is 0.500. The van der Waals surface area contributed by atoms with Crippen LogP contribution in [0.15, 0.2) is 18.7 Å². The number of carbonyl (C=O) groups is 1. The number of rotatable bonds is 6. The molecule has 0 saturated carbocycles. The number of nitrogens with two attached hydrogens (primary N) is 1. The predicted molar refractivity (Wildman–Crippen MR) is 55.2 cm³/mol. The van der Waals surface area contributed by atoms with Gasteiger partial charge in [0.05, 0.1) is 6.33 Å². The van der Waals surface area contributed by atoms with E-state index in [9.17, 15) is 4.79 Å². The fourth-order valence-electron chi connectivity index (χ4n) is 0.871. The number of carboxylic acid groups (broad SMARTS) is 1. The maximum absolute atomic E-state index is 10.4. The molecule has 6 heteroatoms. The van der Waals surface area contributed by atoms with E-state index in [2.05, 4.69) is 4.98 Å². The fourth-order valence-corrected chi connectivity index (χ4v) is 1.77. The molecule has 0 amide bonds. The number of aliphatic carboxylic acids is 1. The average molecular weight is 215 g/mol. The predicted octanol–water partition coefficient (Wildman–Crippen LogP) is 0.0282. The second-order valence-corrected chi connectivity index (χ2v) is 3.97. The van der Waals surface area contributed by atoms with Crippen molar-refractivity contribution in [3.8, 4) is 0 Å². The highest BCUT2D eigenvalue weighted by atomic mass is 32.2. The van der Waals surface area contributed by atoms with E-state index < -0.39 is 12.0 Å². The van der Waals surface area contributed by atoms with Gasteiger partial charge in [-0.15, -0.1) is 0 Å². The Balaban J connectivity index is 2.08. The van der Waals surface area contributed by atoms with E-state index in [0.717, 1.165) is 12.3 Å². The van der Waals surface area contributed by atoms with E-state index in [4.69, 9.17) is 10.8 Å². The highest BCUT2D eigenvalue weighted by Gasteiger charge is 2.10. The SMILES string of the molecule is NC(CSCCn1ccnc1)C(=O)O. The molecule has 0 aliphatic rings. The Kier molecular flexibility index (Phi) is 4.48. The summed E-state index contributed by atoms with van der Waals surface area (Å²) in [5.41, 5.74) is 5.34. The van der Waals surface area contributed by atoms with Crippen LogP contribution in [-0.4, -0.2) is 38.2 Å². The Morgan fingerprint density at radius 2 is 2.50 bits per heavy atom. The van der Waals surface area contributed by atoms with Gasteiger partial charge >= 0.3 is 5.97 Å².